The maximum Gasteiger partial charge on any atom is 0.418 e. The minimum Gasteiger partial charge on any atom is -0.322 e. The number of aryl methyl sites for hydroxylation is 2. The molecule has 6 rings (SSSR count). The number of nitrogens with zero attached hydrogens (tertiary/aromatic N) is 3. The van der Waals surface area contributed by atoms with E-state index in [9.17, 15) is 52.8 Å². The van der Waals surface area contributed by atoms with Crippen molar-refractivity contribution in [2.75, 3.05) is 29.5 Å². The van der Waals surface area contributed by atoms with Crippen molar-refractivity contribution in [3.05, 3.63) is 154 Å². The Hall–Kier alpha value is -6.18. The number of sulfone groups is 1. The molecule has 0 saturated heterocycles. The van der Waals surface area contributed by atoms with Gasteiger partial charge in [0, 0.05) is 47.2 Å². The van der Waals surface area contributed by atoms with Crippen LogP contribution in [0.3, 0.4) is 0 Å². The molecule has 0 radical (unpaired) electrons. The van der Waals surface area contributed by atoms with Crippen LogP contribution < -0.4 is 10.6 Å². The zero-order valence-electron chi connectivity index (χ0n) is 37.1. The van der Waals surface area contributed by atoms with E-state index in [1.807, 2.05) is 0 Å². The van der Waals surface area contributed by atoms with Crippen molar-refractivity contribution in [3.63, 3.8) is 0 Å². The number of benzene rings is 4. The largest absolute Gasteiger partial charge is 0.418 e. The number of hydrogen-bond acceptors (Lipinski definition) is 6. The third kappa shape index (κ3) is 11.1. The summed E-state index contributed by atoms with van der Waals surface area (Å²) in [6.45, 7) is 12.4. The number of amides is 2. The van der Waals surface area contributed by atoms with Crippen molar-refractivity contribution >= 4 is 43.0 Å². The molecule has 0 atom stereocenters. The van der Waals surface area contributed by atoms with E-state index in [0.29, 0.717) is 53.7 Å². The van der Waals surface area contributed by atoms with Gasteiger partial charge in [0.15, 0.2) is 9.84 Å². The first kappa shape index (κ1) is 50.8. The van der Waals surface area contributed by atoms with Crippen LogP contribution in [0.2, 0.25) is 0 Å². The van der Waals surface area contributed by atoms with Gasteiger partial charge in [0.05, 0.1) is 49.2 Å². The van der Waals surface area contributed by atoms with Gasteiger partial charge in [-0.1, -0.05) is 45.0 Å². The molecule has 11 nitrogen and oxygen atoms in total. The van der Waals surface area contributed by atoms with Gasteiger partial charge < -0.3 is 19.8 Å². The highest BCUT2D eigenvalue weighted by Crippen LogP contribution is 2.37. The van der Waals surface area contributed by atoms with Gasteiger partial charge in [-0.15, -0.1) is 0 Å². The highest BCUT2D eigenvalue weighted by Gasteiger charge is 2.36. The van der Waals surface area contributed by atoms with Crippen LogP contribution in [-0.2, 0) is 32.2 Å². The number of alkyl halides is 6. The van der Waals surface area contributed by atoms with Crippen molar-refractivity contribution in [2.45, 2.75) is 77.0 Å². The Morgan fingerprint density at radius 1 is 0.561 bits per heavy atom. The molecular weight excluding hydrogens is 909 g/mol. The van der Waals surface area contributed by atoms with E-state index in [-0.39, 0.29) is 38.0 Å². The van der Waals surface area contributed by atoms with E-state index in [2.05, 4.69) is 10.6 Å². The SMILES string of the molecule is CCCS(=O)(=O)c1ccc(NC(=O)c2cc(C)n(-c3ccccc3C(F)(F)F)c2C)cc1.CCN(CC)S(=O)(=O)c1ccc(NC(=O)c2cc(C)n(-c3ccccc3C(F)(F)F)c2C)cc1. The van der Waals surface area contributed by atoms with Crippen molar-refractivity contribution < 1.29 is 52.8 Å². The minimum atomic E-state index is -4.55. The van der Waals surface area contributed by atoms with Gasteiger partial charge >= 0.3 is 12.4 Å². The van der Waals surface area contributed by atoms with Crippen LogP contribution in [-0.4, -0.2) is 60.9 Å². The summed E-state index contributed by atoms with van der Waals surface area (Å²) in [5.74, 6) is -0.981. The van der Waals surface area contributed by atoms with Gasteiger partial charge in [-0.2, -0.15) is 30.6 Å². The fraction of sp³-hybridized carbons (Fsp3) is 0.277. The third-order valence-electron chi connectivity index (χ3n) is 10.7. The van der Waals surface area contributed by atoms with Gasteiger partial charge in [0.1, 0.15) is 0 Å². The molecule has 0 aliphatic carbocycles. The number of anilines is 2. The quantitative estimate of drug-likeness (QED) is 0.111. The predicted molar refractivity (Wildman–Crippen MR) is 242 cm³/mol. The first-order valence-corrected chi connectivity index (χ1v) is 23.7. The zero-order chi connectivity index (χ0) is 48.9. The molecule has 2 aromatic heterocycles. The van der Waals surface area contributed by atoms with Crippen LogP contribution in [0.25, 0.3) is 11.4 Å². The second kappa shape index (κ2) is 20.1. The standard InChI is InChI=1S/C24H26F3N3O3S.C23H23F3N2O3S/c1-5-29(6-2)34(32,33)19-13-11-18(12-14-19)28-23(31)20-15-16(3)30(17(20)4)22-10-8-7-9-21(22)24(25,26)27;1-4-13-32(30,31)18-11-9-17(10-12-18)27-22(29)19-14-15(2)28(16(19)3)21-8-6-5-7-20(21)23(24,25)26/h7-15H,5-6H2,1-4H3,(H,28,31);5-12,14H,4,13H2,1-3H3,(H,27,29). The summed E-state index contributed by atoms with van der Waals surface area (Å²) in [6, 6.07) is 25.0. The highest BCUT2D eigenvalue weighted by atomic mass is 32.2. The summed E-state index contributed by atoms with van der Waals surface area (Å²) >= 11 is 0. The van der Waals surface area contributed by atoms with Gasteiger partial charge in [0.2, 0.25) is 10.0 Å². The molecule has 2 heterocycles. The van der Waals surface area contributed by atoms with E-state index in [0.717, 1.165) is 12.1 Å². The third-order valence-corrected chi connectivity index (χ3v) is 14.7. The molecular formula is C47H49F6N5O6S2. The van der Waals surface area contributed by atoms with Crippen LogP contribution in [0.15, 0.2) is 119 Å². The Morgan fingerprint density at radius 2 is 0.924 bits per heavy atom. The molecule has 0 aliphatic rings. The molecule has 6 aromatic rings. The predicted octanol–water partition coefficient (Wildman–Crippen LogP) is 10.9. The van der Waals surface area contributed by atoms with Crippen molar-refractivity contribution in [2.24, 2.45) is 0 Å². The lowest BCUT2D eigenvalue weighted by Crippen LogP contribution is -2.30. The molecule has 352 valence electrons. The molecule has 0 unspecified atom stereocenters. The monoisotopic (exact) mass is 957 g/mol. The van der Waals surface area contributed by atoms with E-state index < -0.39 is 55.2 Å². The number of sulfonamides is 1. The number of nitrogens with one attached hydrogen (secondary N) is 2. The summed E-state index contributed by atoms with van der Waals surface area (Å²) in [4.78, 5) is 26.0. The van der Waals surface area contributed by atoms with Crippen LogP contribution >= 0.6 is 0 Å². The van der Waals surface area contributed by atoms with E-state index in [1.54, 1.807) is 48.5 Å². The molecule has 2 amide bonds. The molecule has 0 fully saturated rings. The van der Waals surface area contributed by atoms with Crippen LogP contribution in [0, 0.1) is 27.7 Å². The number of para-hydroxylation sites is 2. The molecule has 0 spiro atoms. The number of rotatable bonds is 13. The van der Waals surface area contributed by atoms with Gasteiger partial charge in [-0.05, 0) is 119 Å². The summed E-state index contributed by atoms with van der Waals surface area (Å²) in [5.41, 5.74) is 1.14. The maximum atomic E-state index is 13.5. The molecule has 19 heteroatoms. The van der Waals surface area contributed by atoms with Crippen molar-refractivity contribution in [1.82, 2.24) is 13.4 Å². The molecule has 0 bridgehead atoms. The molecule has 66 heavy (non-hydrogen) atoms. The van der Waals surface area contributed by atoms with E-state index >= 15 is 0 Å². The maximum absolute atomic E-state index is 13.5. The zero-order valence-corrected chi connectivity index (χ0v) is 38.7. The topological polar surface area (TPSA) is 140 Å². The molecule has 0 aliphatic heterocycles. The van der Waals surface area contributed by atoms with E-state index in [4.69, 9.17) is 0 Å². The lowest BCUT2D eigenvalue weighted by molar-refractivity contribution is -0.138. The Kier molecular flexibility index (Phi) is 15.5. The van der Waals surface area contributed by atoms with Crippen LogP contribution in [0.5, 0.6) is 0 Å². The highest BCUT2D eigenvalue weighted by molar-refractivity contribution is 7.91. The second-order valence-electron chi connectivity index (χ2n) is 15.1. The van der Waals surface area contributed by atoms with Gasteiger partial charge in [0.25, 0.3) is 11.8 Å². The van der Waals surface area contributed by atoms with Crippen LogP contribution in [0.1, 0.15) is 81.8 Å². The first-order chi connectivity index (χ1) is 30.9. The smallest absolute Gasteiger partial charge is 0.322 e. The summed E-state index contributed by atoms with van der Waals surface area (Å²) in [6.07, 6.45) is -8.59. The Morgan fingerprint density at radius 3 is 1.27 bits per heavy atom. The lowest BCUT2D eigenvalue weighted by atomic mass is 10.1. The number of halogens is 6. The van der Waals surface area contributed by atoms with Crippen molar-refractivity contribution in [1.29, 1.82) is 0 Å². The Balaban J connectivity index is 0.000000248. The number of hydrogen-bond donors (Lipinski definition) is 2. The number of carbonyl (C=O) groups excluding carboxylic acids is 2. The first-order valence-electron chi connectivity index (χ1n) is 20.6. The van der Waals surface area contributed by atoms with Crippen LogP contribution in [0.4, 0.5) is 37.7 Å². The average molecular weight is 958 g/mol. The second-order valence-corrected chi connectivity index (χ2v) is 19.2. The molecule has 0 saturated carbocycles. The van der Waals surface area contributed by atoms with Crippen molar-refractivity contribution in [3.8, 4) is 11.4 Å². The van der Waals surface area contributed by atoms with E-state index in [1.165, 1.54) is 111 Å². The average Bonchev–Trinajstić information content (AvgIpc) is 3.73. The Labute approximate surface area is 380 Å². The summed E-state index contributed by atoms with van der Waals surface area (Å²) in [7, 11) is -7.00. The fourth-order valence-corrected chi connectivity index (χ4v) is 10.3. The lowest BCUT2D eigenvalue weighted by Gasteiger charge is -2.18. The Bertz CT molecular complexity index is 2940. The van der Waals surface area contributed by atoms with Gasteiger partial charge in [-0.25, -0.2) is 16.8 Å². The summed E-state index contributed by atoms with van der Waals surface area (Å²) in [5, 5.41) is 5.37. The normalized spacial score (nSPS) is 12.2. The minimum absolute atomic E-state index is 0.0318. The van der Waals surface area contributed by atoms with Gasteiger partial charge in [-0.3, -0.25) is 9.59 Å². The fourth-order valence-electron chi connectivity index (χ4n) is 7.50. The summed E-state index contributed by atoms with van der Waals surface area (Å²) < 4.78 is 135. The number of carbonyl (C=O) groups is 2. The number of aromatic nitrogens is 2. The molecule has 4 aromatic carbocycles. The molecule has 2 N–H and O–H groups in total.